The van der Waals surface area contributed by atoms with Crippen LogP contribution in [-0.4, -0.2) is 0 Å². The first-order valence-electron chi connectivity index (χ1n) is 9.60. The van der Waals surface area contributed by atoms with Crippen LogP contribution in [0.1, 0.15) is 100 Å². The van der Waals surface area contributed by atoms with Crippen molar-refractivity contribution in [2.24, 2.45) is 0 Å². The predicted octanol–water partition coefficient (Wildman–Crippen LogP) is 7.73. The van der Waals surface area contributed by atoms with Crippen LogP contribution in [0.25, 0.3) is 6.08 Å². The molecule has 1 unspecified atom stereocenters. The molecule has 0 aliphatic heterocycles. The number of allylic oxidation sites excluding steroid dienone is 5. The zero-order valence-electron chi connectivity index (χ0n) is 17.5. The van der Waals surface area contributed by atoms with E-state index in [0.717, 1.165) is 0 Å². The van der Waals surface area contributed by atoms with E-state index < -0.39 is 23.2 Å². The normalized spacial score (nSPS) is 18.4. The molecule has 0 amide bonds. The van der Waals surface area contributed by atoms with E-state index in [-0.39, 0.29) is 0 Å². The van der Waals surface area contributed by atoms with Gasteiger partial charge < -0.3 is 0 Å². The maximum atomic E-state index is 2.52. The van der Waals surface area contributed by atoms with Gasteiger partial charge in [0, 0.05) is 0 Å². The van der Waals surface area contributed by atoms with Gasteiger partial charge in [-0.1, -0.05) is 0 Å². The van der Waals surface area contributed by atoms with Gasteiger partial charge in [-0.05, 0) is 0 Å². The molecule has 25 heavy (non-hydrogen) atoms. The minimum atomic E-state index is -0.687. The van der Waals surface area contributed by atoms with Crippen molar-refractivity contribution in [3.8, 4) is 0 Å². The topological polar surface area (TPSA) is 0 Å². The van der Waals surface area contributed by atoms with Crippen LogP contribution < -0.4 is 0 Å². The molecular formula is C24H34Zr. The van der Waals surface area contributed by atoms with Crippen molar-refractivity contribution in [3.05, 3.63) is 60.5 Å². The summed E-state index contributed by atoms with van der Waals surface area (Å²) < 4.78 is 2.39. The van der Waals surface area contributed by atoms with E-state index in [0.29, 0.717) is 15.5 Å². The predicted molar refractivity (Wildman–Crippen MR) is 109 cm³/mol. The molecule has 1 heteroatoms. The first kappa shape index (κ1) is 20.6. The Labute approximate surface area is 167 Å². The molecular weight excluding hydrogens is 379 g/mol. The second-order valence-corrected chi connectivity index (χ2v) is 12.1. The zero-order valence-corrected chi connectivity index (χ0v) is 20.0. The van der Waals surface area contributed by atoms with Gasteiger partial charge in [0.1, 0.15) is 0 Å². The van der Waals surface area contributed by atoms with Gasteiger partial charge in [0.15, 0.2) is 0 Å². The molecule has 0 radical (unpaired) electrons. The second-order valence-electron chi connectivity index (χ2n) is 8.11. The zero-order chi connectivity index (χ0) is 18.9. The Kier molecular flexibility index (Phi) is 6.89. The average molecular weight is 414 g/mol. The number of rotatable bonds is 5. The third-order valence-electron chi connectivity index (χ3n) is 5.64. The van der Waals surface area contributed by atoms with Gasteiger partial charge in [-0.2, -0.15) is 0 Å². The summed E-state index contributed by atoms with van der Waals surface area (Å²) in [5.74, 6) is 1.18. The van der Waals surface area contributed by atoms with Crippen LogP contribution in [0.3, 0.4) is 0 Å². The molecule has 0 heterocycles. The van der Waals surface area contributed by atoms with Gasteiger partial charge in [0.05, 0.1) is 0 Å². The molecule has 1 aliphatic rings. The standard InChI is InChI=1S/C16H21.C8H13.Zr/c1-10(2)13-8-14-6-12(5)7-16(14)15(9-13)11(3)4;1-5-7(3)8(4)6-2;/h6-11H,1-5H3;5H,1-4H3;. The number of hydrogen-bond donors (Lipinski definition) is 0. The van der Waals surface area contributed by atoms with Crippen LogP contribution in [0.15, 0.2) is 38.2 Å². The third-order valence-corrected chi connectivity index (χ3v) is 10.2. The van der Waals surface area contributed by atoms with Crippen molar-refractivity contribution in [1.82, 2.24) is 0 Å². The third kappa shape index (κ3) is 4.36. The first-order valence-corrected chi connectivity index (χ1v) is 12.2. The molecule has 0 spiro atoms. The minimum absolute atomic E-state index is 0.587. The Hall–Kier alpha value is -0.677. The van der Waals surface area contributed by atoms with Crippen molar-refractivity contribution >= 4 is 6.08 Å². The van der Waals surface area contributed by atoms with Crippen LogP contribution in [0.2, 0.25) is 0 Å². The SMILES string of the molecule is CC=C(C)C(C)=[C](C)[Zr][CH]1C(C)=Cc2c(C(C)C)cc(C(C)C)cc21. The monoisotopic (exact) mass is 412 g/mol. The van der Waals surface area contributed by atoms with Crippen molar-refractivity contribution < 1.29 is 23.2 Å². The summed E-state index contributed by atoms with van der Waals surface area (Å²) >= 11 is -0.687. The molecule has 0 saturated heterocycles. The molecule has 2 rings (SSSR count). The van der Waals surface area contributed by atoms with E-state index >= 15 is 0 Å². The Morgan fingerprint density at radius 1 is 1.04 bits per heavy atom. The summed E-state index contributed by atoms with van der Waals surface area (Å²) in [5.41, 5.74) is 10.8. The maximum absolute atomic E-state index is 2.52. The van der Waals surface area contributed by atoms with Crippen LogP contribution in [-0.2, 0) is 23.2 Å². The summed E-state index contributed by atoms with van der Waals surface area (Å²) in [5, 5.41) is 0. The molecule has 0 nitrogen and oxygen atoms in total. The van der Waals surface area contributed by atoms with Gasteiger partial charge in [-0.3, -0.25) is 0 Å². The van der Waals surface area contributed by atoms with Crippen LogP contribution in [0, 0.1) is 0 Å². The van der Waals surface area contributed by atoms with Gasteiger partial charge in [0.2, 0.25) is 0 Å². The summed E-state index contributed by atoms with van der Waals surface area (Å²) in [4.78, 5) is 0. The molecule has 1 aliphatic carbocycles. The van der Waals surface area contributed by atoms with Crippen LogP contribution in [0.5, 0.6) is 0 Å². The van der Waals surface area contributed by atoms with Gasteiger partial charge in [-0.15, -0.1) is 0 Å². The summed E-state index contributed by atoms with van der Waals surface area (Å²) in [6, 6.07) is 4.98. The number of fused-ring (bicyclic) bond motifs is 1. The second kappa shape index (κ2) is 8.34. The van der Waals surface area contributed by atoms with E-state index in [4.69, 9.17) is 0 Å². The van der Waals surface area contributed by atoms with E-state index in [1.54, 1.807) is 20.0 Å². The van der Waals surface area contributed by atoms with E-state index in [1.807, 2.05) is 0 Å². The molecule has 134 valence electrons. The van der Waals surface area contributed by atoms with Gasteiger partial charge in [-0.25, -0.2) is 0 Å². The molecule has 0 bridgehead atoms. The Morgan fingerprint density at radius 2 is 1.68 bits per heavy atom. The Morgan fingerprint density at radius 3 is 2.20 bits per heavy atom. The molecule has 1 aromatic carbocycles. The molecule has 1 aromatic rings. The molecule has 0 aromatic heterocycles. The number of hydrogen-bond acceptors (Lipinski definition) is 0. The summed E-state index contributed by atoms with van der Waals surface area (Å²) in [6.07, 6.45) is 4.74. The fourth-order valence-electron chi connectivity index (χ4n) is 3.52. The number of benzene rings is 1. The van der Waals surface area contributed by atoms with Crippen molar-refractivity contribution in [1.29, 1.82) is 0 Å². The average Bonchev–Trinajstić information content (AvgIpc) is 2.87. The van der Waals surface area contributed by atoms with E-state index in [9.17, 15) is 0 Å². The van der Waals surface area contributed by atoms with Crippen LogP contribution >= 0.6 is 0 Å². The first-order chi connectivity index (χ1) is 11.7. The molecule has 0 saturated carbocycles. The van der Waals surface area contributed by atoms with Crippen molar-refractivity contribution in [2.75, 3.05) is 0 Å². The fourth-order valence-corrected chi connectivity index (χ4v) is 7.34. The molecule has 1 atom stereocenters. The summed E-state index contributed by atoms with van der Waals surface area (Å²) in [6.45, 7) is 20.8. The molecule has 0 N–H and O–H groups in total. The van der Waals surface area contributed by atoms with Crippen LogP contribution in [0.4, 0.5) is 0 Å². The Bertz CT molecular complexity index is 742. The van der Waals surface area contributed by atoms with Crippen molar-refractivity contribution in [3.63, 3.8) is 0 Å². The van der Waals surface area contributed by atoms with Gasteiger partial charge in [0.25, 0.3) is 0 Å². The van der Waals surface area contributed by atoms with Gasteiger partial charge >= 0.3 is 168 Å². The quantitative estimate of drug-likeness (QED) is 0.433. The van der Waals surface area contributed by atoms with E-state index in [2.05, 4.69) is 86.6 Å². The van der Waals surface area contributed by atoms with Crippen molar-refractivity contribution in [2.45, 2.75) is 77.8 Å². The summed E-state index contributed by atoms with van der Waals surface area (Å²) in [7, 11) is 0. The Balaban J connectivity index is 2.52. The molecule has 0 fully saturated rings. The fraction of sp³-hybridized carbons (Fsp3) is 0.500. The van der Waals surface area contributed by atoms with E-state index in [1.165, 1.54) is 22.3 Å².